The van der Waals surface area contributed by atoms with E-state index in [-0.39, 0.29) is 0 Å². The number of aromatic amines is 1. The lowest BCUT2D eigenvalue weighted by Gasteiger charge is -2.29. The van der Waals surface area contributed by atoms with Gasteiger partial charge in [-0.1, -0.05) is 0 Å². The van der Waals surface area contributed by atoms with E-state index < -0.39 is 0 Å². The predicted octanol–water partition coefficient (Wildman–Crippen LogP) is 2.93. The second-order valence-electron chi connectivity index (χ2n) is 5.04. The Morgan fingerprint density at radius 2 is 2.33 bits per heavy atom. The van der Waals surface area contributed by atoms with Crippen molar-refractivity contribution in [3.05, 3.63) is 24.4 Å². The van der Waals surface area contributed by atoms with Crippen molar-refractivity contribution in [2.45, 2.75) is 37.8 Å². The number of rotatable bonds is 3. The molecule has 0 bridgehead atoms. The average molecular weight is 245 g/mol. The summed E-state index contributed by atoms with van der Waals surface area (Å²) >= 11 is 0. The molecule has 1 saturated carbocycles. The molecule has 4 heteroatoms. The Bertz CT molecular complexity index is 522. The first-order chi connectivity index (χ1) is 8.85. The number of nitrogens with zero attached hydrogens (tertiary/aromatic N) is 1. The third kappa shape index (κ3) is 2.34. The van der Waals surface area contributed by atoms with Gasteiger partial charge in [0.15, 0.2) is 0 Å². The van der Waals surface area contributed by atoms with Crippen LogP contribution in [-0.4, -0.2) is 29.5 Å². The Hall–Kier alpha value is -1.55. The monoisotopic (exact) mass is 245 g/mol. The van der Waals surface area contributed by atoms with Gasteiger partial charge in [-0.05, 0) is 43.9 Å². The van der Waals surface area contributed by atoms with Crippen LogP contribution < -0.4 is 5.32 Å². The summed E-state index contributed by atoms with van der Waals surface area (Å²) in [4.78, 5) is 0. The molecule has 2 aromatic rings. The van der Waals surface area contributed by atoms with E-state index in [0.29, 0.717) is 12.1 Å². The largest absolute Gasteiger partial charge is 0.382 e. The number of anilines is 1. The average Bonchev–Trinajstić information content (AvgIpc) is 2.86. The highest BCUT2D eigenvalue weighted by Crippen LogP contribution is 2.25. The second kappa shape index (κ2) is 4.98. The first-order valence-electron chi connectivity index (χ1n) is 6.57. The van der Waals surface area contributed by atoms with E-state index in [1.54, 1.807) is 0 Å². The molecular weight excluding hydrogens is 226 g/mol. The Morgan fingerprint density at radius 1 is 1.39 bits per heavy atom. The highest BCUT2D eigenvalue weighted by molar-refractivity contribution is 5.81. The molecule has 18 heavy (non-hydrogen) atoms. The van der Waals surface area contributed by atoms with Gasteiger partial charge in [-0.15, -0.1) is 0 Å². The molecule has 2 N–H and O–H groups in total. The summed E-state index contributed by atoms with van der Waals surface area (Å²) in [6, 6.07) is 6.85. The number of aromatic nitrogens is 2. The van der Waals surface area contributed by atoms with Crippen molar-refractivity contribution < 1.29 is 4.74 Å². The van der Waals surface area contributed by atoms with Crippen LogP contribution in [0.25, 0.3) is 10.9 Å². The first-order valence-corrected chi connectivity index (χ1v) is 6.57. The molecule has 0 amide bonds. The smallest absolute Gasteiger partial charge is 0.0651 e. The number of benzene rings is 1. The third-order valence-electron chi connectivity index (χ3n) is 3.77. The lowest BCUT2D eigenvalue weighted by Crippen LogP contribution is -2.30. The van der Waals surface area contributed by atoms with Gasteiger partial charge in [0.1, 0.15) is 0 Å². The number of hydrogen-bond donors (Lipinski definition) is 2. The lowest BCUT2D eigenvalue weighted by molar-refractivity contribution is 0.0669. The summed E-state index contributed by atoms with van der Waals surface area (Å²) < 4.78 is 5.46. The SMILES string of the molecule is COC1CCCC(Nc2ccc3[nH]ncc3c2)C1. The van der Waals surface area contributed by atoms with E-state index in [1.807, 2.05) is 13.3 Å². The number of H-pyrrole nitrogens is 1. The Balaban J connectivity index is 1.71. The fraction of sp³-hybridized carbons (Fsp3) is 0.500. The quantitative estimate of drug-likeness (QED) is 0.874. The molecule has 0 saturated heterocycles. The highest BCUT2D eigenvalue weighted by atomic mass is 16.5. The van der Waals surface area contributed by atoms with E-state index >= 15 is 0 Å². The Labute approximate surface area is 107 Å². The minimum absolute atomic E-state index is 0.411. The molecule has 0 spiro atoms. The molecule has 2 atom stereocenters. The van der Waals surface area contributed by atoms with Crippen LogP contribution in [0, 0.1) is 0 Å². The van der Waals surface area contributed by atoms with Gasteiger partial charge in [0.2, 0.25) is 0 Å². The zero-order chi connectivity index (χ0) is 12.4. The molecule has 0 aliphatic heterocycles. The van der Waals surface area contributed by atoms with Crippen molar-refractivity contribution in [3.63, 3.8) is 0 Å². The summed E-state index contributed by atoms with van der Waals surface area (Å²) in [6.07, 6.45) is 7.02. The van der Waals surface area contributed by atoms with Gasteiger partial charge in [-0.25, -0.2) is 0 Å². The number of ether oxygens (including phenoxy) is 1. The molecule has 2 unspecified atom stereocenters. The van der Waals surface area contributed by atoms with Crippen molar-refractivity contribution in [1.29, 1.82) is 0 Å². The molecule has 1 aliphatic rings. The fourth-order valence-corrected chi connectivity index (χ4v) is 2.76. The molecule has 1 aliphatic carbocycles. The van der Waals surface area contributed by atoms with Crippen LogP contribution in [0.5, 0.6) is 0 Å². The fourth-order valence-electron chi connectivity index (χ4n) is 2.76. The van der Waals surface area contributed by atoms with Gasteiger partial charge in [0, 0.05) is 24.2 Å². The van der Waals surface area contributed by atoms with Gasteiger partial charge in [0.25, 0.3) is 0 Å². The van der Waals surface area contributed by atoms with Crippen LogP contribution in [0.1, 0.15) is 25.7 Å². The minimum Gasteiger partial charge on any atom is -0.382 e. The van der Waals surface area contributed by atoms with Crippen molar-refractivity contribution in [2.24, 2.45) is 0 Å². The highest BCUT2D eigenvalue weighted by Gasteiger charge is 2.21. The topological polar surface area (TPSA) is 49.9 Å². The number of fused-ring (bicyclic) bond motifs is 1. The number of nitrogens with one attached hydrogen (secondary N) is 2. The van der Waals surface area contributed by atoms with Crippen molar-refractivity contribution >= 4 is 16.6 Å². The summed E-state index contributed by atoms with van der Waals surface area (Å²) in [6.45, 7) is 0. The summed E-state index contributed by atoms with van der Waals surface area (Å²) in [5.41, 5.74) is 2.25. The molecule has 4 nitrogen and oxygen atoms in total. The van der Waals surface area contributed by atoms with E-state index in [9.17, 15) is 0 Å². The summed E-state index contributed by atoms with van der Waals surface area (Å²) in [5, 5.41) is 11.8. The van der Waals surface area contributed by atoms with Crippen LogP contribution in [0.3, 0.4) is 0 Å². The van der Waals surface area contributed by atoms with Crippen LogP contribution in [0.2, 0.25) is 0 Å². The van der Waals surface area contributed by atoms with Crippen LogP contribution >= 0.6 is 0 Å². The van der Waals surface area contributed by atoms with Crippen molar-refractivity contribution in [3.8, 4) is 0 Å². The zero-order valence-corrected chi connectivity index (χ0v) is 10.6. The van der Waals surface area contributed by atoms with Crippen LogP contribution in [0.15, 0.2) is 24.4 Å². The van der Waals surface area contributed by atoms with Gasteiger partial charge in [-0.2, -0.15) is 5.10 Å². The van der Waals surface area contributed by atoms with Gasteiger partial charge in [-0.3, -0.25) is 5.10 Å². The second-order valence-corrected chi connectivity index (χ2v) is 5.04. The minimum atomic E-state index is 0.411. The summed E-state index contributed by atoms with van der Waals surface area (Å²) in [5.74, 6) is 0. The van der Waals surface area contributed by atoms with Gasteiger partial charge < -0.3 is 10.1 Å². The zero-order valence-electron chi connectivity index (χ0n) is 10.6. The van der Waals surface area contributed by atoms with Crippen LogP contribution in [-0.2, 0) is 4.74 Å². The lowest BCUT2D eigenvalue weighted by atomic mass is 9.92. The Morgan fingerprint density at radius 3 is 3.22 bits per heavy atom. The molecule has 0 radical (unpaired) electrons. The Kier molecular flexibility index (Phi) is 3.19. The number of hydrogen-bond acceptors (Lipinski definition) is 3. The van der Waals surface area contributed by atoms with E-state index in [0.717, 1.165) is 17.3 Å². The molecule has 96 valence electrons. The van der Waals surface area contributed by atoms with Crippen molar-refractivity contribution in [2.75, 3.05) is 12.4 Å². The molecule has 3 rings (SSSR count). The maximum absolute atomic E-state index is 5.46. The van der Waals surface area contributed by atoms with E-state index in [2.05, 4.69) is 33.7 Å². The normalized spacial score (nSPS) is 24.3. The summed E-state index contributed by atoms with van der Waals surface area (Å²) in [7, 11) is 1.81. The molecule has 1 heterocycles. The maximum atomic E-state index is 5.46. The maximum Gasteiger partial charge on any atom is 0.0651 e. The van der Waals surface area contributed by atoms with Crippen molar-refractivity contribution in [1.82, 2.24) is 10.2 Å². The van der Waals surface area contributed by atoms with Crippen LogP contribution in [0.4, 0.5) is 5.69 Å². The standard InChI is InChI=1S/C14H19N3O/c1-18-13-4-2-3-11(8-13)16-12-5-6-14-10(7-12)9-15-17-14/h5-7,9,11,13,16H,2-4,8H2,1H3,(H,15,17). The first kappa shape index (κ1) is 11.5. The van der Waals surface area contributed by atoms with Gasteiger partial charge in [0.05, 0.1) is 17.8 Å². The molecule has 1 fully saturated rings. The molecular formula is C14H19N3O. The van der Waals surface area contributed by atoms with E-state index in [4.69, 9.17) is 4.74 Å². The molecule has 1 aromatic heterocycles. The third-order valence-corrected chi connectivity index (χ3v) is 3.77. The van der Waals surface area contributed by atoms with E-state index in [1.165, 1.54) is 24.9 Å². The predicted molar refractivity (Wildman–Crippen MR) is 72.8 cm³/mol. The van der Waals surface area contributed by atoms with Gasteiger partial charge >= 0.3 is 0 Å². The molecule has 1 aromatic carbocycles. The number of methoxy groups -OCH3 is 1.